The molecule has 3 rings (SSSR count). The van der Waals surface area contributed by atoms with Gasteiger partial charge in [-0.15, -0.1) is 0 Å². The zero-order valence-electron chi connectivity index (χ0n) is 14.0. The second-order valence-electron chi connectivity index (χ2n) is 6.43. The van der Waals surface area contributed by atoms with E-state index in [0.717, 1.165) is 48.2 Å². The van der Waals surface area contributed by atoms with E-state index in [1.54, 1.807) is 6.26 Å². The number of hydrogen-bond acceptors (Lipinski definition) is 4. The highest BCUT2D eigenvalue weighted by Crippen LogP contribution is 2.25. The molecule has 0 spiro atoms. The summed E-state index contributed by atoms with van der Waals surface area (Å²) >= 11 is 0. The molecule has 0 atom stereocenters. The largest absolute Gasteiger partial charge is 0.444 e. The number of anilines is 1. The molecule has 3 N–H and O–H groups in total. The Kier molecular flexibility index (Phi) is 4.85. The van der Waals surface area contributed by atoms with E-state index in [-0.39, 0.29) is 18.2 Å². The Morgan fingerprint density at radius 1 is 1.25 bits per heavy atom. The molecule has 2 amide bonds. The normalized spacial score (nSPS) is 20.6. The van der Waals surface area contributed by atoms with Crippen molar-refractivity contribution >= 4 is 11.7 Å². The molecule has 128 valence electrons. The van der Waals surface area contributed by atoms with Gasteiger partial charge in [-0.1, -0.05) is 6.07 Å². The predicted molar refractivity (Wildman–Crippen MR) is 91.8 cm³/mol. The van der Waals surface area contributed by atoms with Crippen LogP contribution in [0.15, 0.2) is 28.9 Å². The second kappa shape index (κ2) is 7.05. The molecule has 1 heterocycles. The Morgan fingerprint density at radius 3 is 2.67 bits per heavy atom. The van der Waals surface area contributed by atoms with E-state index < -0.39 is 0 Å². The van der Waals surface area contributed by atoms with Crippen molar-refractivity contribution in [2.75, 3.05) is 5.32 Å². The monoisotopic (exact) mass is 329 g/mol. The van der Waals surface area contributed by atoms with Gasteiger partial charge < -0.3 is 20.2 Å². The lowest BCUT2D eigenvalue weighted by Crippen LogP contribution is -2.41. The molecule has 0 unspecified atom stereocenters. The lowest BCUT2D eigenvalue weighted by Gasteiger charge is -2.26. The van der Waals surface area contributed by atoms with E-state index in [1.807, 2.05) is 32.0 Å². The van der Waals surface area contributed by atoms with Crippen molar-refractivity contribution in [2.45, 2.75) is 51.7 Å². The number of benzene rings is 1. The van der Waals surface area contributed by atoms with E-state index in [1.165, 1.54) is 0 Å². The van der Waals surface area contributed by atoms with Crippen LogP contribution in [0.5, 0.6) is 0 Å². The molecule has 6 heteroatoms. The number of carbonyl (C=O) groups is 1. The zero-order valence-corrected chi connectivity index (χ0v) is 14.0. The Morgan fingerprint density at radius 2 is 2.00 bits per heavy atom. The molecule has 0 radical (unpaired) electrons. The van der Waals surface area contributed by atoms with Gasteiger partial charge in [-0.2, -0.15) is 0 Å². The summed E-state index contributed by atoms with van der Waals surface area (Å²) in [6.45, 7) is 3.81. The number of aliphatic hydroxyl groups excluding tert-OH is 1. The van der Waals surface area contributed by atoms with E-state index >= 15 is 0 Å². The summed E-state index contributed by atoms with van der Waals surface area (Å²) < 4.78 is 5.42. The Hall–Kier alpha value is -2.34. The van der Waals surface area contributed by atoms with Gasteiger partial charge in [0.1, 0.15) is 6.26 Å². The summed E-state index contributed by atoms with van der Waals surface area (Å²) in [6, 6.07) is 5.62. The molecule has 0 saturated heterocycles. The van der Waals surface area contributed by atoms with Crippen LogP contribution < -0.4 is 10.6 Å². The quantitative estimate of drug-likeness (QED) is 0.805. The molecule has 0 aliphatic heterocycles. The first-order valence-corrected chi connectivity index (χ1v) is 8.30. The van der Waals surface area contributed by atoms with Crippen LogP contribution in [-0.2, 0) is 0 Å². The molecular formula is C18H23N3O3. The lowest BCUT2D eigenvalue weighted by atomic mass is 9.93. The lowest BCUT2D eigenvalue weighted by molar-refractivity contribution is 0.118. The van der Waals surface area contributed by atoms with Crippen molar-refractivity contribution in [3.8, 4) is 11.5 Å². The molecule has 2 aromatic rings. The number of rotatable bonds is 3. The van der Waals surface area contributed by atoms with Crippen LogP contribution in [0.3, 0.4) is 0 Å². The van der Waals surface area contributed by atoms with Crippen LogP contribution in [0.2, 0.25) is 0 Å². The minimum atomic E-state index is -0.228. The van der Waals surface area contributed by atoms with Gasteiger partial charge in [-0.3, -0.25) is 0 Å². The van der Waals surface area contributed by atoms with E-state index in [4.69, 9.17) is 4.42 Å². The number of nitrogens with one attached hydrogen (secondary N) is 2. The van der Waals surface area contributed by atoms with Gasteiger partial charge in [0.15, 0.2) is 0 Å². The van der Waals surface area contributed by atoms with Crippen molar-refractivity contribution in [1.29, 1.82) is 0 Å². The molecule has 1 aromatic carbocycles. The topological polar surface area (TPSA) is 87.4 Å². The van der Waals surface area contributed by atoms with Crippen LogP contribution in [-0.4, -0.2) is 28.3 Å². The van der Waals surface area contributed by atoms with Crippen LogP contribution in [0.4, 0.5) is 10.5 Å². The molecular weight excluding hydrogens is 306 g/mol. The minimum absolute atomic E-state index is 0.117. The number of oxazole rings is 1. The smallest absolute Gasteiger partial charge is 0.319 e. The molecule has 0 bridgehead atoms. The first kappa shape index (κ1) is 16.5. The number of aromatic nitrogens is 1. The van der Waals surface area contributed by atoms with Crippen LogP contribution >= 0.6 is 0 Å². The molecule has 1 aliphatic carbocycles. The van der Waals surface area contributed by atoms with Crippen LogP contribution in [0.25, 0.3) is 11.5 Å². The average Bonchev–Trinajstić information content (AvgIpc) is 2.98. The summed E-state index contributed by atoms with van der Waals surface area (Å²) in [5.41, 5.74) is 3.34. The Balaban J connectivity index is 1.66. The molecule has 1 fully saturated rings. The maximum absolute atomic E-state index is 12.2. The van der Waals surface area contributed by atoms with Gasteiger partial charge in [0.25, 0.3) is 0 Å². The summed E-state index contributed by atoms with van der Waals surface area (Å²) in [7, 11) is 0. The molecule has 6 nitrogen and oxygen atoms in total. The fourth-order valence-electron chi connectivity index (χ4n) is 2.94. The highest BCUT2D eigenvalue weighted by Gasteiger charge is 2.21. The van der Waals surface area contributed by atoms with Gasteiger partial charge in [0.2, 0.25) is 5.89 Å². The third kappa shape index (κ3) is 3.94. The van der Waals surface area contributed by atoms with E-state index in [0.29, 0.717) is 5.89 Å². The number of amides is 2. The number of aryl methyl sites for hydroxylation is 2. The summed E-state index contributed by atoms with van der Waals surface area (Å²) in [6.07, 6.45) is 4.47. The van der Waals surface area contributed by atoms with Gasteiger partial charge in [0, 0.05) is 17.3 Å². The number of carbonyl (C=O) groups excluding carboxylic acids is 1. The van der Waals surface area contributed by atoms with Gasteiger partial charge in [-0.05, 0) is 57.2 Å². The van der Waals surface area contributed by atoms with E-state index in [9.17, 15) is 9.90 Å². The first-order chi connectivity index (χ1) is 11.5. The summed E-state index contributed by atoms with van der Waals surface area (Å²) in [5.74, 6) is 0.539. The predicted octanol–water partition coefficient (Wildman–Crippen LogP) is 3.38. The Bertz CT molecular complexity index is 718. The zero-order chi connectivity index (χ0) is 17.1. The third-order valence-electron chi connectivity index (χ3n) is 4.38. The van der Waals surface area contributed by atoms with Crippen molar-refractivity contribution in [3.63, 3.8) is 0 Å². The van der Waals surface area contributed by atoms with E-state index in [2.05, 4.69) is 15.6 Å². The number of nitrogens with zero attached hydrogens (tertiary/aromatic N) is 1. The standard InChI is InChI=1S/C18H23N3O3/c1-11-3-4-13(17-19-12(2)10-24-17)9-16(11)21-18(23)20-14-5-7-15(22)8-6-14/h3-4,9-10,14-15,22H,5-8H2,1-2H3,(H2,20,21,23). The second-order valence-corrected chi connectivity index (χ2v) is 6.43. The summed E-state index contributed by atoms with van der Waals surface area (Å²) in [4.78, 5) is 16.6. The molecule has 1 saturated carbocycles. The van der Waals surface area contributed by atoms with Crippen LogP contribution in [0, 0.1) is 13.8 Å². The maximum Gasteiger partial charge on any atom is 0.319 e. The van der Waals surface area contributed by atoms with Crippen LogP contribution in [0.1, 0.15) is 36.9 Å². The Labute approximate surface area is 141 Å². The molecule has 1 aromatic heterocycles. The molecule has 1 aliphatic rings. The SMILES string of the molecule is Cc1coc(-c2ccc(C)c(NC(=O)NC3CCC(O)CC3)c2)n1. The number of aliphatic hydroxyl groups is 1. The van der Waals surface area contributed by atoms with Gasteiger partial charge >= 0.3 is 6.03 Å². The highest BCUT2D eigenvalue weighted by atomic mass is 16.3. The third-order valence-corrected chi connectivity index (χ3v) is 4.38. The van der Waals surface area contributed by atoms with Crippen molar-refractivity contribution in [3.05, 3.63) is 35.7 Å². The van der Waals surface area contributed by atoms with Crippen molar-refractivity contribution < 1.29 is 14.3 Å². The highest BCUT2D eigenvalue weighted by molar-refractivity contribution is 5.91. The average molecular weight is 329 g/mol. The van der Waals surface area contributed by atoms with Gasteiger partial charge in [-0.25, -0.2) is 9.78 Å². The fraction of sp³-hybridized carbons (Fsp3) is 0.444. The number of hydrogen-bond donors (Lipinski definition) is 3. The minimum Gasteiger partial charge on any atom is -0.444 e. The number of urea groups is 1. The maximum atomic E-state index is 12.2. The first-order valence-electron chi connectivity index (χ1n) is 8.30. The molecule has 24 heavy (non-hydrogen) atoms. The fourth-order valence-corrected chi connectivity index (χ4v) is 2.94. The van der Waals surface area contributed by atoms with Gasteiger partial charge in [0.05, 0.1) is 11.8 Å². The van der Waals surface area contributed by atoms with Crippen molar-refractivity contribution in [2.24, 2.45) is 0 Å². The summed E-state index contributed by atoms with van der Waals surface area (Å²) in [5, 5.41) is 15.4. The van der Waals surface area contributed by atoms with Crippen molar-refractivity contribution in [1.82, 2.24) is 10.3 Å².